The zero-order valence-electron chi connectivity index (χ0n) is 14.6. The van der Waals surface area contributed by atoms with Gasteiger partial charge in [0.2, 0.25) is 0 Å². The number of halogens is 1. The fourth-order valence-electron chi connectivity index (χ4n) is 3.65. The van der Waals surface area contributed by atoms with Gasteiger partial charge in [-0.05, 0) is 58.8 Å². The Morgan fingerprint density at radius 3 is 2.75 bits per heavy atom. The predicted octanol–water partition coefficient (Wildman–Crippen LogP) is 2.35. The zero-order chi connectivity index (χ0) is 17.4. The molecule has 1 aromatic heterocycles. The first-order chi connectivity index (χ1) is 11.3. The van der Waals surface area contributed by atoms with E-state index >= 15 is 0 Å². The standard InChI is InChI=1S/C17H27ClN4OS/c1-16(2,3)24(23)21-14-11-22(13-4-7-20-15(18)10-13)12-17(14)5-8-19-9-6-17/h4,7,10,14,19,21H,5-6,8-9,11-12H2,1-3H3/t14-,24-/m1/s1. The van der Waals surface area contributed by atoms with Crippen molar-refractivity contribution in [1.29, 1.82) is 0 Å². The van der Waals surface area contributed by atoms with Gasteiger partial charge in [-0.15, -0.1) is 0 Å². The fraction of sp³-hybridized carbons (Fsp3) is 0.706. The van der Waals surface area contributed by atoms with Crippen molar-refractivity contribution in [2.75, 3.05) is 31.1 Å². The van der Waals surface area contributed by atoms with Crippen molar-refractivity contribution in [3.05, 3.63) is 23.5 Å². The maximum Gasteiger partial charge on any atom is 0.131 e. The highest BCUT2D eigenvalue weighted by molar-refractivity contribution is 7.84. The van der Waals surface area contributed by atoms with Crippen LogP contribution in [0, 0.1) is 5.41 Å². The number of rotatable bonds is 3. The third-order valence-electron chi connectivity index (χ3n) is 5.13. The van der Waals surface area contributed by atoms with Crippen LogP contribution in [-0.2, 0) is 11.0 Å². The fourth-order valence-corrected chi connectivity index (χ4v) is 4.76. The van der Waals surface area contributed by atoms with Gasteiger partial charge in [-0.2, -0.15) is 0 Å². The van der Waals surface area contributed by atoms with Crippen molar-refractivity contribution in [3.63, 3.8) is 0 Å². The van der Waals surface area contributed by atoms with E-state index in [1.165, 1.54) is 0 Å². The van der Waals surface area contributed by atoms with E-state index in [2.05, 4.69) is 19.9 Å². The summed E-state index contributed by atoms with van der Waals surface area (Å²) in [6.45, 7) is 9.90. The van der Waals surface area contributed by atoms with Gasteiger partial charge >= 0.3 is 0 Å². The molecule has 2 N–H and O–H groups in total. The summed E-state index contributed by atoms with van der Waals surface area (Å²) in [7, 11) is -1.07. The second-order valence-corrected chi connectivity index (χ2v) is 10.3. The molecule has 5 nitrogen and oxygen atoms in total. The van der Waals surface area contributed by atoms with Crippen molar-refractivity contribution in [3.8, 4) is 0 Å². The summed E-state index contributed by atoms with van der Waals surface area (Å²) in [6.07, 6.45) is 3.95. The second kappa shape index (κ2) is 6.90. The molecule has 1 spiro atoms. The van der Waals surface area contributed by atoms with Gasteiger partial charge in [0.15, 0.2) is 0 Å². The van der Waals surface area contributed by atoms with Crippen LogP contribution in [0.3, 0.4) is 0 Å². The first-order valence-corrected chi connectivity index (χ1v) is 10.1. The van der Waals surface area contributed by atoms with Gasteiger partial charge in [0.05, 0.1) is 15.7 Å². The second-order valence-electron chi connectivity index (χ2n) is 7.88. The topological polar surface area (TPSA) is 57.3 Å². The molecule has 0 radical (unpaired) electrons. The van der Waals surface area contributed by atoms with Crippen LogP contribution in [0.25, 0.3) is 0 Å². The monoisotopic (exact) mass is 370 g/mol. The van der Waals surface area contributed by atoms with E-state index in [9.17, 15) is 4.21 Å². The van der Waals surface area contributed by atoms with Crippen LogP contribution in [-0.4, -0.2) is 46.2 Å². The molecule has 3 heterocycles. The van der Waals surface area contributed by atoms with Gasteiger partial charge in [0.25, 0.3) is 0 Å². The van der Waals surface area contributed by atoms with E-state index in [1.807, 2.05) is 32.9 Å². The SMILES string of the molecule is CC(C)(C)[S@@](=O)N[C@@H]1CN(c2ccnc(Cl)c2)CC12CCNCC2. The largest absolute Gasteiger partial charge is 0.369 e. The summed E-state index contributed by atoms with van der Waals surface area (Å²) in [5.74, 6) is 0. The van der Waals surface area contributed by atoms with Crippen LogP contribution in [0.2, 0.25) is 5.15 Å². The van der Waals surface area contributed by atoms with E-state index in [0.29, 0.717) is 5.15 Å². The first kappa shape index (κ1) is 18.1. The highest BCUT2D eigenvalue weighted by Crippen LogP contribution is 2.41. The Bertz CT molecular complexity index is 613. The molecule has 2 fully saturated rings. The number of anilines is 1. The lowest BCUT2D eigenvalue weighted by atomic mass is 9.75. The number of hydrogen-bond acceptors (Lipinski definition) is 4. The number of aromatic nitrogens is 1. The molecule has 24 heavy (non-hydrogen) atoms. The molecule has 3 rings (SSSR count). The summed E-state index contributed by atoms with van der Waals surface area (Å²) >= 11 is 6.07. The van der Waals surface area contributed by atoms with E-state index in [1.54, 1.807) is 6.20 Å². The summed E-state index contributed by atoms with van der Waals surface area (Å²) in [4.78, 5) is 6.44. The van der Waals surface area contributed by atoms with Crippen LogP contribution in [0.15, 0.2) is 18.3 Å². The molecule has 0 amide bonds. The van der Waals surface area contributed by atoms with Crippen LogP contribution >= 0.6 is 11.6 Å². The summed E-state index contributed by atoms with van der Waals surface area (Å²) in [5.41, 5.74) is 1.25. The molecule has 2 aliphatic rings. The average Bonchev–Trinajstić information content (AvgIpc) is 2.85. The van der Waals surface area contributed by atoms with Gasteiger partial charge in [-0.25, -0.2) is 13.9 Å². The molecule has 0 bridgehead atoms. The normalized spacial score (nSPS) is 25.2. The minimum Gasteiger partial charge on any atom is -0.369 e. The van der Waals surface area contributed by atoms with Gasteiger partial charge in [0, 0.05) is 36.4 Å². The maximum atomic E-state index is 12.7. The third-order valence-corrected chi connectivity index (χ3v) is 6.95. The molecule has 0 aromatic carbocycles. The number of nitrogens with one attached hydrogen (secondary N) is 2. The Balaban J connectivity index is 1.83. The third kappa shape index (κ3) is 3.77. The lowest BCUT2D eigenvalue weighted by Gasteiger charge is -2.39. The molecule has 2 saturated heterocycles. The highest BCUT2D eigenvalue weighted by Gasteiger charge is 2.48. The Morgan fingerprint density at radius 2 is 2.12 bits per heavy atom. The molecule has 0 aliphatic carbocycles. The van der Waals surface area contributed by atoms with Crippen molar-refractivity contribution < 1.29 is 4.21 Å². The molecule has 2 aliphatic heterocycles. The summed E-state index contributed by atoms with van der Waals surface area (Å²) in [6, 6.07) is 4.13. The van der Waals surface area contributed by atoms with Gasteiger partial charge in [0.1, 0.15) is 5.15 Å². The predicted molar refractivity (Wildman–Crippen MR) is 101 cm³/mol. The Morgan fingerprint density at radius 1 is 1.42 bits per heavy atom. The minimum absolute atomic E-state index is 0.155. The van der Waals surface area contributed by atoms with Crippen molar-refractivity contribution in [2.45, 2.75) is 44.4 Å². The van der Waals surface area contributed by atoms with E-state index < -0.39 is 11.0 Å². The average molecular weight is 371 g/mol. The van der Waals surface area contributed by atoms with Crippen LogP contribution in [0.1, 0.15) is 33.6 Å². The van der Waals surface area contributed by atoms with Crippen molar-refractivity contribution in [1.82, 2.24) is 15.0 Å². The minimum atomic E-state index is -1.07. The number of pyridine rings is 1. The van der Waals surface area contributed by atoms with Crippen molar-refractivity contribution >= 4 is 28.3 Å². The van der Waals surface area contributed by atoms with Crippen molar-refractivity contribution in [2.24, 2.45) is 5.41 Å². The van der Waals surface area contributed by atoms with E-state index in [-0.39, 0.29) is 16.2 Å². The molecule has 134 valence electrons. The van der Waals surface area contributed by atoms with Crippen LogP contribution < -0.4 is 14.9 Å². The Kier molecular flexibility index (Phi) is 5.21. The Labute approximate surface area is 152 Å². The summed E-state index contributed by atoms with van der Waals surface area (Å²) in [5, 5.41) is 3.97. The molecule has 0 saturated carbocycles. The lowest BCUT2D eigenvalue weighted by molar-refractivity contribution is 0.196. The number of hydrogen-bond donors (Lipinski definition) is 2. The molecule has 2 atom stereocenters. The molecule has 1 aromatic rings. The smallest absolute Gasteiger partial charge is 0.131 e. The van der Waals surface area contributed by atoms with Crippen LogP contribution in [0.5, 0.6) is 0 Å². The molecule has 0 unspecified atom stereocenters. The van der Waals surface area contributed by atoms with E-state index in [4.69, 9.17) is 11.6 Å². The molecule has 7 heteroatoms. The lowest BCUT2D eigenvalue weighted by Crippen LogP contribution is -2.52. The molecular formula is C17H27ClN4OS. The van der Waals surface area contributed by atoms with Crippen LogP contribution in [0.4, 0.5) is 5.69 Å². The van der Waals surface area contributed by atoms with Gasteiger partial charge in [-0.1, -0.05) is 11.6 Å². The highest BCUT2D eigenvalue weighted by atomic mass is 35.5. The zero-order valence-corrected chi connectivity index (χ0v) is 16.2. The summed E-state index contributed by atoms with van der Waals surface area (Å²) < 4.78 is 15.9. The van der Waals surface area contributed by atoms with Gasteiger partial charge in [-0.3, -0.25) is 0 Å². The number of piperidine rings is 1. The van der Waals surface area contributed by atoms with E-state index in [0.717, 1.165) is 44.7 Å². The molecular weight excluding hydrogens is 344 g/mol. The van der Waals surface area contributed by atoms with Gasteiger partial charge < -0.3 is 10.2 Å². The first-order valence-electron chi connectivity index (χ1n) is 8.55. The Hall–Kier alpha value is -0.690. The quantitative estimate of drug-likeness (QED) is 0.802. The maximum absolute atomic E-state index is 12.7. The number of nitrogens with zero attached hydrogens (tertiary/aromatic N) is 2.